The molecule has 162 valence electrons. The average Bonchev–Trinajstić information content (AvgIpc) is 3.38. The number of H-pyrrole nitrogens is 1. The molecule has 0 unspecified atom stereocenters. The molecule has 1 atom stereocenters. The van der Waals surface area contributed by atoms with E-state index in [9.17, 15) is 18.4 Å². The van der Waals surface area contributed by atoms with E-state index in [-0.39, 0.29) is 17.6 Å². The van der Waals surface area contributed by atoms with Crippen molar-refractivity contribution in [2.24, 2.45) is 0 Å². The van der Waals surface area contributed by atoms with Gasteiger partial charge in [-0.25, -0.2) is 8.78 Å². The fourth-order valence-corrected chi connectivity index (χ4v) is 4.02. The summed E-state index contributed by atoms with van der Waals surface area (Å²) in [5.41, 5.74) is 2.51. The van der Waals surface area contributed by atoms with E-state index in [2.05, 4.69) is 10.3 Å². The maximum Gasteiger partial charge on any atom is 0.272 e. The topological polar surface area (TPSA) is 68.4 Å². The highest BCUT2D eigenvalue weighted by atomic mass is 19.1. The lowest BCUT2D eigenvalue weighted by Crippen LogP contribution is -2.37. The summed E-state index contributed by atoms with van der Waals surface area (Å²) < 4.78 is 28.3. The largest absolute Gasteiger partial charge is 0.369 e. The van der Waals surface area contributed by atoms with Crippen molar-refractivity contribution in [2.75, 3.05) is 30.4 Å². The number of carbonyl (C=O) groups is 2. The van der Waals surface area contributed by atoms with Crippen molar-refractivity contribution >= 4 is 34.1 Å². The maximum absolute atomic E-state index is 14.3. The molecule has 0 radical (unpaired) electrons. The van der Waals surface area contributed by atoms with Gasteiger partial charge in [0.15, 0.2) is 0 Å². The minimum atomic E-state index is -0.484. The summed E-state index contributed by atoms with van der Waals surface area (Å²) in [7, 11) is 1.76. The standard InChI is InChI=1S/C23H24F2N4O2/c1-13-4-5-20(25)19-11-21(27-22(13)19)23(31)26-16-8-15(24)9-18(10-16)29-7-6-17(12-29)28(3)14(2)30/h4-5,8-11,17,27H,6-7,12H2,1-3H3,(H,26,31)/t17-/m0/s1. The number of nitrogens with zero attached hydrogens (tertiary/aromatic N) is 2. The molecule has 0 spiro atoms. The summed E-state index contributed by atoms with van der Waals surface area (Å²) >= 11 is 0. The van der Waals surface area contributed by atoms with Crippen molar-refractivity contribution in [1.29, 1.82) is 0 Å². The van der Waals surface area contributed by atoms with Gasteiger partial charge in [-0.3, -0.25) is 9.59 Å². The summed E-state index contributed by atoms with van der Waals surface area (Å²) in [5, 5.41) is 3.03. The number of carbonyl (C=O) groups excluding carboxylic acids is 2. The second kappa shape index (κ2) is 8.02. The first-order chi connectivity index (χ1) is 14.7. The molecule has 2 amide bonds. The molecule has 1 aliphatic rings. The van der Waals surface area contributed by atoms with Gasteiger partial charge >= 0.3 is 0 Å². The van der Waals surface area contributed by atoms with Crippen LogP contribution in [0.15, 0.2) is 36.4 Å². The van der Waals surface area contributed by atoms with Crippen LogP contribution < -0.4 is 10.2 Å². The van der Waals surface area contributed by atoms with Gasteiger partial charge in [-0.15, -0.1) is 0 Å². The van der Waals surface area contributed by atoms with Crippen LogP contribution >= 0.6 is 0 Å². The first kappa shape index (κ1) is 20.8. The summed E-state index contributed by atoms with van der Waals surface area (Å²) in [4.78, 5) is 31.0. The highest BCUT2D eigenvalue weighted by Crippen LogP contribution is 2.28. The van der Waals surface area contributed by atoms with E-state index < -0.39 is 17.5 Å². The molecule has 0 aliphatic carbocycles. The van der Waals surface area contributed by atoms with E-state index >= 15 is 0 Å². The van der Waals surface area contributed by atoms with E-state index in [1.54, 1.807) is 24.1 Å². The minimum Gasteiger partial charge on any atom is -0.369 e. The van der Waals surface area contributed by atoms with E-state index in [0.29, 0.717) is 35.4 Å². The summed E-state index contributed by atoms with van der Waals surface area (Å²) in [6, 6.07) is 8.86. The molecule has 1 aliphatic heterocycles. The number of hydrogen-bond donors (Lipinski definition) is 2. The Kier molecular flexibility index (Phi) is 5.39. The number of amides is 2. The van der Waals surface area contributed by atoms with Gasteiger partial charge in [-0.05, 0) is 49.2 Å². The van der Waals surface area contributed by atoms with Crippen molar-refractivity contribution in [3.63, 3.8) is 0 Å². The van der Waals surface area contributed by atoms with Gasteiger partial charge < -0.3 is 20.1 Å². The Morgan fingerprint density at radius 1 is 1.19 bits per heavy atom. The normalized spacial score (nSPS) is 16.0. The first-order valence-corrected chi connectivity index (χ1v) is 10.1. The zero-order chi connectivity index (χ0) is 22.3. The molecule has 6 nitrogen and oxygen atoms in total. The molecule has 0 saturated carbocycles. The third-order valence-electron chi connectivity index (χ3n) is 5.91. The highest BCUT2D eigenvalue weighted by Gasteiger charge is 2.27. The zero-order valence-electron chi connectivity index (χ0n) is 17.6. The number of aromatic nitrogens is 1. The van der Waals surface area contributed by atoms with E-state index in [4.69, 9.17) is 0 Å². The smallest absolute Gasteiger partial charge is 0.272 e. The van der Waals surface area contributed by atoms with Gasteiger partial charge in [0.25, 0.3) is 5.91 Å². The second-order valence-corrected chi connectivity index (χ2v) is 8.01. The Balaban J connectivity index is 1.54. The third-order valence-corrected chi connectivity index (χ3v) is 5.91. The third kappa shape index (κ3) is 4.10. The molecule has 31 heavy (non-hydrogen) atoms. The van der Waals surface area contributed by atoms with Crippen LogP contribution in [0.4, 0.5) is 20.2 Å². The Morgan fingerprint density at radius 3 is 2.68 bits per heavy atom. The number of aryl methyl sites for hydroxylation is 1. The molecular formula is C23H24F2N4O2. The number of benzene rings is 2. The van der Waals surface area contributed by atoms with Crippen molar-refractivity contribution in [3.8, 4) is 0 Å². The molecule has 3 aromatic rings. The second-order valence-electron chi connectivity index (χ2n) is 8.01. The Labute approximate surface area is 178 Å². The number of hydrogen-bond acceptors (Lipinski definition) is 3. The Bertz CT molecular complexity index is 1130. The monoisotopic (exact) mass is 426 g/mol. The molecule has 1 saturated heterocycles. The van der Waals surface area contributed by atoms with Crippen LogP contribution in [0, 0.1) is 18.6 Å². The fourth-order valence-electron chi connectivity index (χ4n) is 4.02. The van der Waals surface area contributed by atoms with Gasteiger partial charge in [0.1, 0.15) is 17.3 Å². The molecule has 4 rings (SSSR count). The Hall–Kier alpha value is -3.42. The summed E-state index contributed by atoms with van der Waals surface area (Å²) in [5.74, 6) is -1.39. The molecule has 2 N–H and O–H groups in total. The number of halogens is 2. The zero-order valence-corrected chi connectivity index (χ0v) is 17.6. The predicted octanol–water partition coefficient (Wildman–Crippen LogP) is 4.06. The molecule has 0 bridgehead atoms. The number of likely N-dealkylation sites (N-methyl/N-ethyl adjacent to an activating group) is 1. The molecule has 1 aromatic heterocycles. The fraction of sp³-hybridized carbons (Fsp3) is 0.304. The van der Waals surface area contributed by atoms with Gasteiger partial charge in [-0.1, -0.05) is 6.07 Å². The molecule has 2 heterocycles. The summed E-state index contributed by atoms with van der Waals surface area (Å²) in [6.07, 6.45) is 0.786. The summed E-state index contributed by atoms with van der Waals surface area (Å²) in [6.45, 7) is 4.62. The maximum atomic E-state index is 14.3. The van der Waals surface area contributed by atoms with E-state index in [0.717, 1.165) is 12.0 Å². The lowest BCUT2D eigenvalue weighted by molar-refractivity contribution is -0.129. The predicted molar refractivity (Wildman–Crippen MR) is 116 cm³/mol. The number of nitrogens with one attached hydrogen (secondary N) is 2. The molecular weight excluding hydrogens is 402 g/mol. The Morgan fingerprint density at radius 2 is 1.97 bits per heavy atom. The molecule has 1 fully saturated rings. The van der Waals surface area contributed by atoms with Crippen LogP contribution in [0.2, 0.25) is 0 Å². The molecule has 8 heteroatoms. The van der Waals surface area contributed by atoms with Gasteiger partial charge in [0.2, 0.25) is 5.91 Å². The van der Waals surface area contributed by atoms with Crippen molar-refractivity contribution in [2.45, 2.75) is 26.3 Å². The average molecular weight is 426 g/mol. The van der Waals surface area contributed by atoms with Crippen LogP contribution in [-0.4, -0.2) is 47.9 Å². The first-order valence-electron chi connectivity index (χ1n) is 10.1. The van der Waals surface area contributed by atoms with Crippen LogP contribution in [0.25, 0.3) is 10.9 Å². The van der Waals surface area contributed by atoms with Gasteiger partial charge in [0, 0.05) is 43.8 Å². The lowest BCUT2D eigenvalue weighted by atomic mass is 10.1. The molecule has 2 aromatic carbocycles. The van der Waals surface area contributed by atoms with E-state index in [1.165, 1.54) is 31.2 Å². The number of anilines is 2. The van der Waals surface area contributed by atoms with Crippen molar-refractivity contribution in [3.05, 3.63) is 59.3 Å². The number of aromatic amines is 1. The van der Waals surface area contributed by atoms with Crippen LogP contribution in [0.5, 0.6) is 0 Å². The van der Waals surface area contributed by atoms with Crippen LogP contribution in [-0.2, 0) is 4.79 Å². The van der Waals surface area contributed by atoms with Crippen LogP contribution in [0.3, 0.4) is 0 Å². The van der Waals surface area contributed by atoms with Crippen molar-refractivity contribution in [1.82, 2.24) is 9.88 Å². The lowest BCUT2D eigenvalue weighted by Gasteiger charge is -2.24. The quantitative estimate of drug-likeness (QED) is 0.661. The van der Waals surface area contributed by atoms with Crippen molar-refractivity contribution < 1.29 is 18.4 Å². The van der Waals surface area contributed by atoms with Gasteiger partial charge in [0.05, 0.1) is 11.6 Å². The number of fused-ring (bicyclic) bond motifs is 1. The van der Waals surface area contributed by atoms with Gasteiger partial charge in [-0.2, -0.15) is 0 Å². The van der Waals surface area contributed by atoms with Crippen LogP contribution in [0.1, 0.15) is 29.4 Å². The minimum absolute atomic E-state index is 0.0101. The number of rotatable bonds is 4. The van der Waals surface area contributed by atoms with E-state index in [1.807, 2.05) is 11.8 Å². The highest BCUT2D eigenvalue weighted by molar-refractivity contribution is 6.06. The SMILES string of the molecule is CC(=O)N(C)[C@H]1CCN(c2cc(F)cc(NC(=O)c3cc4c(F)ccc(C)c4[nH]3)c2)C1.